The number of allylic oxidation sites excluding steroid dienone is 3. The van der Waals surface area contributed by atoms with Crippen LogP contribution in [0.25, 0.3) is 0 Å². The Balaban J connectivity index is 2.53. The van der Waals surface area contributed by atoms with E-state index in [4.69, 9.17) is 14.2 Å². The number of esters is 1. The molecule has 1 aliphatic rings. The summed E-state index contributed by atoms with van der Waals surface area (Å²) in [4.78, 5) is 12.1. The van der Waals surface area contributed by atoms with E-state index in [1.54, 1.807) is 7.11 Å². The topological polar surface area (TPSA) is 80.6 Å². The van der Waals surface area contributed by atoms with Crippen molar-refractivity contribution in [2.75, 3.05) is 40.1 Å². The molecule has 140 valence electrons. The van der Waals surface area contributed by atoms with Gasteiger partial charge >= 0.3 is 5.97 Å². The number of rotatable bonds is 12. The molecule has 6 heteroatoms. The summed E-state index contributed by atoms with van der Waals surface area (Å²) in [6.45, 7) is 4.82. The first kappa shape index (κ1) is 21.2. The molecule has 1 aliphatic carbocycles. The van der Waals surface area contributed by atoms with Gasteiger partial charge in [0.15, 0.2) is 0 Å². The molecule has 0 bridgehead atoms. The Kier molecular flexibility index (Phi) is 11.4. The molecule has 0 fully saturated rings. The van der Waals surface area contributed by atoms with E-state index in [-0.39, 0.29) is 12.2 Å². The molecular weight excluding hydrogens is 320 g/mol. The molecule has 0 saturated heterocycles. The molecule has 0 saturated carbocycles. The number of nitrogens with one attached hydrogen (secondary N) is 1. The third kappa shape index (κ3) is 8.71. The minimum absolute atomic E-state index is 0.101. The van der Waals surface area contributed by atoms with Gasteiger partial charge in [0.1, 0.15) is 18.2 Å². The molecule has 0 atom stereocenters. The van der Waals surface area contributed by atoms with Crippen molar-refractivity contribution in [2.45, 2.75) is 45.4 Å². The maximum atomic E-state index is 12.1. The lowest BCUT2D eigenvalue weighted by Gasteiger charge is -2.18. The van der Waals surface area contributed by atoms with Gasteiger partial charge in [-0.3, -0.25) is 0 Å². The smallest absolute Gasteiger partial charge is 0.349 e. The largest absolute Gasteiger partial charge is 0.459 e. The molecule has 0 aromatic carbocycles. The summed E-state index contributed by atoms with van der Waals surface area (Å²) in [5, 5.41) is 12.7. The SMILES string of the molecule is CCCCOCCOC(=O)/C(C#N)=C1/C=C(NCCCOC)CCC1. The lowest BCUT2D eigenvalue weighted by molar-refractivity contribution is -0.140. The Labute approximate surface area is 150 Å². The molecule has 0 spiro atoms. The van der Waals surface area contributed by atoms with Gasteiger partial charge in [-0.2, -0.15) is 5.26 Å². The second-order valence-corrected chi connectivity index (χ2v) is 5.91. The van der Waals surface area contributed by atoms with Gasteiger partial charge in [-0.15, -0.1) is 0 Å². The van der Waals surface area contributed by atoms with E-state index in [0.717, 1.165) is 49.9 Å². The Morgan fingerprint density at radius 3 is 2.80 bits per heavy atom. The van der Waals surface area contributed by atoms with Gasteiger partial charge in [-0.05, 0) is 43.8 Å². The van der Waals surface area contributed by atoms with Crippen LogP contribution < -0.4 is 5.32 Å². The third-order valence-corrected chi connectivity index (χ3v) is 3.86. The minimum Gasteiger partial charge on any atom is -0.459 e. The number of ether oxygens (including phenoxy) is 3. The highest BCUT2D eigenvalue weighted by Crippen LogP contribution is 2.24. The molecule has 0 aliphatic heterocycles. The van der Waals surface area contributed by atoms with Crippen LogP contribution in [0.3, 0.4) is 0 Å². The first-order chi connectivity index (χ1) is 12.2. The lowest BCUT2D eigenvalue weighted by Crippen LogP contribution is -2.19. The van der Waals surface area contributed by atoms with E-state index in [1.165, 1.54) is 0 Å². The van der Waals surface area contributed by atoms with Crippen LogP contribution in [0.2, 0.25) is 0 Å². The Bertz CT molecular complexity index is 506. The molecule has 1 rings (SSSR count). The second-order valence-electron chi connectivity index (χ2n) is 5.91. The normalized spacial score (nSPS) is 16.0. The van der Waals surface area contributed by atoms with Crippen molar-refractivity contribution >= 4 is 5.97 Å². The fourth-order valence-electron chi connectivity index (χ4n) is 2.49. The summed E-state index contributed by atoms with van der Waals surface area (Å²) >= 11 is 0. The number of nitrogens with zero attached hydrogens (tertiary/aromatic N) is 1. The average molecular weight is 350 g/mol. The van der Waals surface area contributed by atoms with Crippen molar-refractivity contribution in [1.29, 1.82) is 5.26 Å². The van der Waals surface area contributed by atoms with Gasteiger partial charge < -0.3 is 19.5 Å². The van der Waals surface area contributed by atoms with E-state index in [1.807, 2.05) is 12.1 Å². The molecule has 0 radical (unpaired) electrons. The minimum atomic E-state index is -0.562. The van der Waals surface area contributed by atoms with Gasteiger partial charge in [0.05, 0.1) is 6.61 Å². The number of hydrogen-bond donors (Lipinski definition) is 1. The molecule has 0 amide bonds. The van der Waals surface area contributed by atoms with Crippen LogP contribution in [-0.4, -0.2) is 46.1 Å². The van der Waals surface area contributed by atoms with Gasteiger partial charge in [0.25, 0.3) is 0 Å². The molecule has 6 nitrogen and oxygen atoms in total. The maximum absolute atomic E-state index is 12.1. The van der Waals surface area contributed by atoms with E-state index in [0.29, 0.717) is 26.2 Å². The predicted octanol–water partition coefficient (Wildman–Crippen LogP) is 2.86. The Morgan fingerprint density at radius 2 is 2.08 bits per heavy atom. The summed E-state index contributed by atoms with van der Waals surface area (Å²) in [5.41, 5.74) is 1.91. The fourth-order valence-corrected chi connectivity index (χ4v) is 2.49. The van der Waals surface area contributed by atoms with Crippen LogP contribution in [-0.2, 0) is 19.0 Å². The van der Waals surface area contributed by atoms with Crippen LogP contribution in [0.4, 0.5) is 0 Å². The molecule has 0 heterocycles. The Hall–Kier alpha value is -1.84. The summed E-state index contributed by atoms with van der Waals surface area (Å²) in [7, 11) is 1.68. The van der Waals surface area contributed by atoms with E-state index in [2.05, 4.69) is 12.2 Å². The van der Waals surface area contributed by atoms with Crippen molar-refractivity contribution in [3.8, 4) is 6.07 Å². The highest BCUT2D eigenvalue weighted by Gasteiger charge is 2.18. The number of nitriles is 1. The highest BCUT2D eigenvalue weighted by molar-refractivity contribution is 5.94. The summed E-state index contributed by atoms with van der Waals surface area (Å²) in [6, 6.07) is 2.00. The van der Waals surface area contributed by atoms with Gasteiger partial charge in [-0.1, -0.05) is 13.3 Å². The van der Waals surface area contributed by atoms with Crippen LogP contribution in [0.15, 0.2) is 22.9 Å². The van der Waals surface area contributed by atoms with E-state index >= 15 is 0 Å². The van der Waals surface area contributed by atoms with Crippen molar-refractivity contribution in [3.05, 3.63) is 22.9 Å². The first-order valence-corrected chi connectivity index (χ1v) is 9.04. The monoisotopic (exact) mass is 350 g/mol. The summed E-state index contributed by atoms with van der Waals surface area (Å²) < 4.78 is 15.5. The zero-order chi connectivity index (χ0) is 18.3. The van der Waals surface area contributed by atoms with Crippen molar-refractivity contribution in [1.82, 2.24) is 5.32 Å². The number of unbranched alkanes of at least 4 members (excludes halogenated alkanes) is 1. The number of carbonyl (C=O) groups excluding carboxylic acids is 1. The standard InChI is InChI=1S/C19H30N2O4/c1-3-4-11-24-12-13-25-19(22)18(15-20)16-7-5-8-17(14-16)21-9-6-10-23-2/h14,21H,3-13H2,1-2H3/b18-16+. The molecule has 0 aromatic rings. The summed E-state index contributed by atoms with van der Waals surface area (Å²) in [5.74, 6) is -0.562. The van der Waals surface area contributed by atoms with Gasteiger partial charge in [-0.25, -0.2) is 4.79 Å². The number of methoxy groups -OCH3 is 1. The molecular formula is C19H30N2O4. The quantitative estimate of drug-likeness (QED) is 0.252. The van der Waals surface area contributed by atoms with Crippen LogP contribution in [0.1, 0.15) is 45.4 Å². The second kappa shape index (κ2) is 13.5. The van der Waals surface area contributed by atoms with Crippen molar-refractivity contribution in [2.24, 2.45) is 0 Å². The van der Waals surface area contributed by atoms with Gasteiger partial charge in [0.2, 0.25) is 0 Å². The van der Waals surface area contributed by atoms with Crippen LogP contribution in [0, 0.1) is 11.3 Å². The van der Waals surface area contributed by atoms with E-state index < -0.39 is 5.97 Å². The molecule has 25 heavy (non-hydrogen) atoms. The molecule has 1 N–H and O–H groups in total. The van der Waals surface area contributed by atoms with Crippen molar-refractivity contribution in [3.63, 3.8) is 0 Å². The fraction of sp³-hybridized carbons (Fsp3) is 0.684. The number of hydrogen-bond acceptors (Lipinski definition) is 6. The predicted molar refractivity (Wildman–Crippen MR) is 95.8 cm³/mol. The van der Waals surface area contributed by atoms with Crippen LogP contribution in [0.5, 0.6) is 0 Å². The summed E-state index contributed by atoms with van der Waals surface area (Å²) in [6.07, 6.45) is 7.44. The maximum Gasteiger partial charge on any atom is 0.349 e. The van der Waals surface area contributed by atoms with Crippen molar-refractivity contribution < 1.29 is 19.0 Å². The third-order valence-electron chi connectivity index (χ3n) is 3.86. The van der Waals surface area contributed by atoms with Gasteiger partial charge in [0, 0.05) is 32.6 Å². The van der Waals surface area contributed by atoms with Crippen LogP contribution >= 0.6 is 0 Å². The van der Waals surface area contributed by atoms with E-state index in [9.17, 15) is 10.1 Å². The molecule has 0 aromatic heterocycles. The first-order valence-electron chi connectivity index (χ1n) is 9.04. The number of carbonyl (C=O) groups is 1. The zero-order valence-corrected chi connectivity index (χ0v) is 15.4. The zero-order valence-electron chi connectivity index (χ0n) is 15.4. The Morgan fingerprint density at radius 1 is 1.24 bits per heavy atom. The lowest BCUT2D eigenvalue weighted by atomic mass is 9.95. The average Bonchev–Trinajstić information content (AvgIpc) is 2.63. The highest BCUT2D eigenvalue weighted by atomic mass is 16.6. The molecule has 0 unspecified atom stereocenters.